The minimum atomic E-state index is -6.87. The molecule has 9 unspecified atom stereocenters. The van der Waals surface area contributed by atoms with Gasteiger partial charge in [0.25, 0.3) is 5.60 Å². The highest BCUT2D eigenvalue weighted by Crippen LogP contribution is 2.68. The highest BCUT2D eigenvalue weighted by atomic mass is 19.4. The highest BCUT2D eigenvalue weighted by molar-refractivity contribution is 5.90. The highest BCUT2D eigenvalue weighted by Gasteiger charge is 2.93. The molecule has 3 heterocycles. The Hall–Kier alpha value is -4.92. The molecule has 0 amide bonds. The lowest BCUT2D eigenvalue weighted by atomic mass is 9.66. The molecular formula is C47H45F33O12. The van der Waals surface area contributed by atoms with Gasteiger partial charge in [-0.25, -0.2) is 14.4 Å². The Balaban J connectivity index is 0.000000362. The van der Waals surface area contributed by atoms with Crippen LogP contribution in [0.1, 0.15) is 97.3 Å². The van der Waals surface area contributed by atoms with Gasteiger partial charge in [0.15, 0.2) is 29.0 Å². The van der Waals surface area contributed by atoms with Gasteiger partial charge in [-0.3, -0.25) is 0 Å². The van der Waals surface area contributed by atoms with Crippen LogP contribution in [0.5, 0.6) is 0 Å². The second-order valence-corrected chi connectivity index (χ2v) is 21.5. The van der Waals surface area contributed by atoms with Crippen molar-refractivity contribution in [1.29, 1.82) is 0 Å². The number of aliphatic hydroxyl groups is 3. The molecule has 0 bridgehead atoms. The molecule has 12 nitrogen and oxygen atoms in total. The van der Waals surface area contributed by atoms with Gasteiger partial charge < -0.3 is 43.7 Å². The molecule has 92 heavy (non-hydrogen) atoms. The minimum absolute atomic E-state index is 0.0576. The second kappa shape index (κ2) is 24.9. The van der Waals surface area contributed by atoms with Gasteiger partial charge in [-0.2, -0.15) is 145 Å². The third kappa shape index (κ3) is 14.3. The Labute approximate surface area is 491 Å². The molecule has 0 aromatic heterocycles. The fraction of sp³-hybridized carbons (Fsp3) is 0.809. The molecule has 45 heteroatoms. The van der Waals surface area contributed by atoms with Gasteiger partial charge in [-0.05, 0) is 51.4 Å². The van der Waals surface area contributed by atoms with Gasteiger partial charge in [0.05, 0.1) is 0 Å². The third-order valence-corrected chi connectivity index (χ3v) is 15.2. The van der Waals surface area contributed by atoms with E-state index in [1.54, 1.807) is 0 Å². The molecule has 0 spiro atoms. The lowest BCUT2D eigenvalue weighted by molar-refractivity contribution is -0.541. The predicted octanol–water partition coefficient (Wildman–Crippen LogP) is 14.4. The largest absolute Gasteiger partial charge is 0.452 e. The van der Waals surface area contributed by atoms with Crippen molar-refractivity contribution in [3.8, 4) is 0 Å². The zero-order chi connectivity index (χ0) is 72.7. The standard InChI is InChI=1S/C18H19F11O4.C17H17F11O4.C12H9F11O4/c1-9(2)11(30)32-13(17(24,25)26)8-12(16(21,22)23,10-6-4-3-5-7-10)33-15(31,14(13,19)20)18(27,28)29;1-8(14(20,21)22)11(29)31-10-7-12(16(23,24)25,9-5-3-2-4-6-9)32-15(30,13(10,18)19)17(26,27)28;1-4(9(15,16)17)6(24)26-5-3-7(2,11(18,19)20)27-10(25,8(5,13)14)12(21,22)23/h10,31H,1,3-8H2,2H3;9-10,30H,1-7H2;5,25H,1,3H2,2H3. The van der Waals surface area contributed by atoms with Crippen molar-refractivity contribution in [2.75, 3.05) is 0 Å². The summed E-state index contributed by atoms with van der Waals surface area (Å²) in [5.74, 6) is -48.0. The summed E-state index contributed by atoms with van der Waals surface area (Å²) >= 11 is 0. The van der Waals surface area contributed by atoms with Crippen LogP contribution in [0.3, 0.4) is 0 Å². The van der Waals surface area contributed by atoms with Crippen molar-refractivity contribution in [2.45, 2.75) is 223 Å². The van der Waals surface area contributed by atoms with Crippen LogP contribution in [0.4, 0.5) is 145 Å². The molecule has 5 aliphatic rings. The average Bonchev–Trinajstić information content (AvgIpc) is 0.682. The van der Waals surface area contributed by atoms with Crippen LogP contribution in [0.2, 0.25) is 0 Å². The van der Waals surface area contributed by atoms with E-state index in [0.29, 0.717) is 13.3 Å². The van der Waals surface area contributed by atoms with Gasteiger partial charge in [0, 0.05) is 24.8 Å². The zero-order valence-electron chi connectivity index (χ0n) is 45.6. The van der Waals surface area contributed by atoms with Crippen molar-refractivity contribution in [1.82, 2.24) is 0 Å². The summed E-state index contributed by atoms with van der Waals surface area (Å²) in [4.78, 5) is 34.6. The number of rotatable bonds is 8. The van der Waals surface area contributed by atoms with Crippen LogP contribution < -0.4 is 0 Å². The van der Waals surface area contributed by atoms with Crippen molar-refractivity contribution in [2.24, 2.45) is 11.8 Å². The Kier molecular flexibility index (Phi) is 22.0. The average molecular weight is 1430 g/mol. The van der Waals surface area contributed by atoms with E-state index in [1.807, 2.05) is 0 Å². The van der Waals surface area contributed by atoms with Crippen LogP contribution in [0, 0.1) is 11.8 Å². The Morgan fingerprint density at radius 1 is 0.424 bits per heavy atom. The number of hydrogen-bond acceptors (Lipinski definition) is 12. The number of ether oxygens (including phenoxy) is 6. The van der Waals surface area contributed by atoms with Crippen LogP contribution in [-0.4, -0.2) is 159 Å². The molecule has 0 aromatic rings. The number of alkyl halides is 33. The number of carbonyl (C=O) groups excluding carboxylic acids is 3. The maximum atomic E-state index is 15.0. The summed E-state index contributed by atoms with van der Waals surface area (Å²) in [6.07, 6.45) is -72.0. The Bertz CT molecular complexity index is 2710. The lowest BCUT2D eigenvalue weighted by Crippen LogP contribution is -2.83. The number of carbonyl (C=O) groups is 3. The summed E-state index contributed by atoms with van der Waals surface area (Å²) in [7, 11) is 0. The minimum Gasteiger partial charge on any atom is -0.452 e. The number of esters is 3. The van der Waals surface area contributed by atoms with E-state index >= 15 is 0 Å². The van der Waals surface area contributed by atoms with Gasteiger partial charge >= 0.3 is 109 Å². The summed E-state index contributed by atoms with van der Waals surface area (Å²) in [5, 5.41) is 28.7. The molecule has 0 radical (unpaired) electrons. The van der Waals surface area contributed by atoms with E-state index in [9.17, 15) is 175 Å². The smallest absolute Gasteiger partial charge is 0.449 e. The van der Waals surface area contributed by atoms with Crippen LogP contribution in [0.15, 0.2) is 36.5 Å². The van der Waals surface area contributed by atoms with Crippen molar-refractivity contribution < 1.29 is 203 Å². The van der Waals surface area contributed by atoms with Crippen molar-refractivity contribution in [3.63, 3.8) is 0 Å². The lowest BCUT2D eigenvalue weighted by Gasteiger charge is -2.59. The Morgan fingerprint density at radius 2 is 0.739 bits per heavy atom. The molecule has 5 fully saturated rings. The van der Waals surface area contributed by atoms with E-state index in [1.165, 1.54) is 0 Å². The monoisotopic (exact) mass is 1430 g/mol. The van der Waals surface area contributed by atoms with E-state index < -0.39 is 217 Å². The maximum absolute atomic E-state index is 15.0. The molecule has 3 aliphatic heterocycles. The first-order valence-electron chi connectivity index (χ1n) is 25.1. The summed E-state index contributed by atoms with van der Waals surface area (Å²) in [5.41, 5.74) is -24.5. The normalized spacial score (nSPS) is 32.9. The van der Waals surface area contributed by atoms with Gasteiger partial charge in [0.1, 0.15) is 11.1 Å². The van der Waals surface area contributed by atoms with Crippen LogP contribution in [0.25, 0.3) is 0 Å². The molecule has 3 N–H and O–H groups in total. The first-order chi connectivity index (χ1) is 40.4. The molecule has 2 saturated carbocycles. The SMILES string of the molecule is C=C(C(=O)OC1CC(C)(C(F)(F)F)OC(O)(C(F)(F)F)C1(F)F)C(F)(F)F.C=C(C(=O)OC1CC(C2CCCCC2)(C(F)(F)F)OC(O)(C(F)(F)F)C1(F)F)C(F)(F)F.C=C(C)C(=O)OC1(C(F)(F)F)CC(C2CCCCC2)(C(F)(F)F)OC(O)(C(F)(F)F)C1(F)F. The predicted molar refractivity (Wildman–Crippen MR) is 230 cm³/mol. The molecule has 2 aliphatic carbocycles. The van der Waals surface area contributed by atoms with Gasteiger partial charge in [-0.1, -0.05) is 58.3 Å². The third-order valence-electron chi connectivity index (χ3n) is 15.2. The molecule has 3 saturated heterocycles. The summed E-state index contributed by atoms with van der Waals surface area (Å²) < 4.78 is 469. The molecular weight excluding hydrogens is 1380 g/mol. The number of hydrogen-bond donors (Lipinski definition) is 3. The fourth-order valence-corrected chi connectivity index (χ4v) is 10.1. The zero-order valence-corrected chi connectivity index (χ0v) is 45.6. The van der Waals surface area contributed by atoms with Crippen LogP contribution in [-0.2, 0) is 42.8 Å². The first-order valence-corrected chi connectivity index (χ1v) is 25.1. The van der Waals surface area contributed by atoms with Crippen molar-refractivity contribution in [3.05, 3.63) is 36.5 Å². The quantitative estimate of drug-likeness (QED) is 0.0912. The topological polar surface area (TPSA) is 167 Å². The maximum Gasteiger partial charge on any atom is 0.449 e. The van der Waals surface area contributed by atoms with Gasteiger partial charge in [-0.15, -0.1) is 0 Å². The van der Waals surface area contributed by atoms with E-state index in [0.717, 1.165) is 0 Å². The van der Waals surface area contributed by atoms with E-state index in [-0.39, 0.29) is 39.0 Å². The molecule has 0 aromatic carbocycles. The van der Waals surface area contributed by atoms with Crippen LogP contribution >= 0.6 is 0 Å². The molecule has 536 valence electrons. The summed E-state index contributed by atoms with van der Waals surface area (Å²) in [6, 6.07) is 0. The van der Waals surface area contributed by atoms with E-state index in [2.05, 4.69) is 48.2 Å². The first kappa shape index (κ1) is 81.3. The fourth-order valence-electron chi connectivity index (χ4n) is 10.1. The van der Waals surface area contributed by atoms with E-state index in [4.69, 9.17) is 0 Å². The van der Waals surface area contributed by atoms with Crippen molar-refractivity contribution >= 4 is 17.9 Å². The molecule has 5 rings (SSSR count). The number of halogens is 33. The van der Waals surface area contributed by atoms with Gasteiger partial charge in [0.2, 0.25) is 0 Å². The molecule has 9 atom stereocenters. The second-order valence-electron chi connectivity index (χ2n) is 21.5. The summed E-state index contributed by atoms with van der Waals surface area (Å²) in [6.45, 7) is 7.61. The Morgan fingerprint density at radius 3 is 1.03 bits per heavy atom.